The molecule has 0 aliphatic carbocycles. The van der Waals surface area contributed by atoms with Gasteiger partial charge in [0.1, 0.15) is 6.04 Å². The predicted octanol–water partition coefficient (Wildman–Crippen LogP) is 0.991. The zero-order valence-corrected chi connectivity index (χ0v) is 13.1. The molecule has 2 saturated heterocycles. The van der Waals surface area contributed by atoms with E-state index in [4.69, 9.17) is 4.74 Å². The van der Waals surface area contributed by atoms with Gasteiger partial charge < -0.3 is 4.74 Å². The van der Waals surface area contributed by atoms with E-state index in [9.17, 15) is 13.2 Å². The van der Waals surface area contributed by atoms with E-state index in [1.54, 1.807) is 0 Å². The monoisotopic (exact) mass is 304 g/mol. The molecule has 0 aromatic carbocycles. The van der Waals surface area contributed by atoms with Gasteiger partial charge >= 0.3 is 5.97 Å². The summed E-state index contributed by atoms with van der Waals surface area (Å²) in [7, 11) is -2.24. The smallest absolute Gasteiger partial charge is 0.324 e. The Labute approximate surface area is 121 Å². The first-order valence-corrected chi connectivity index (χ1v) is 8.71. The summed E-state index contributed by atoms with van der Waals surface area (Å²) >= 11 is 0. The van der Waals surface area contributed by atoms with E-state index in [0.29, 0.717) is 32.0 Å². The van der Waals surface area contributed by atoms with Gasteiger partial charge in [-0.3, -0.25) is 4.79 Å². The second kappa shape index (κ2) is 6.41. The Balaban J connectivity index is 2.15. The van der Waals surface area contributed by atoms with Gasteiger partial charge in [0, 0.05) is 19.6 Å². The number of hydrogen-bond acceptors (Lipinski definition) is 4. The van der Waals surface area contributed by atoms with E-state index < -0.39 is 22.2 Å². The highest BCUT2D eigenvalue weighted by atomic mass is 32.2. The summed E-state index contributed by atoms with van der Waals surface area (Å²) in [4.78, 5) is 11.8. The number of rotatable bonds is 3. The van der Waals surface area contributed by atoms with Gasteiger partial charge in [-0.15, -0.1) is 0 Å². The molecule has 1 unspecified atom stereocenters. The van der Waals surface area contributed by atoms with Crippen LogP contribution in [-0.4, -0.2) is 55.8 Å². The second-order valence-corrected chi connectivity index (χ2v) is 7.62. The molecule has 0 N–H and O–H groups in total. The maximum Gasteiger partial charge on any atom is 0.324 e. The maximum absolute atomic E-state index is 12.7. The van der Waals surface area contributed by atoms with Crippen molar-refractivity contribution >= 4 is 16.2 Å². The van der Waals surface area contributed by atoms with Gasteiger partial charge in [0.15, 0.2) is 0 Å². The number of methoxy groups -OCH3 is 1. The summed E-state index contributed by atoms with van der Waals surface area (Å²) < 4.78 is 33.1. The molecule has 0 spiro atoms. The molecule has 0 bridgehead atoms. The first-order chi connectivity index (χ1) is 9.46. The summed E-state index contributed by atoms with van der Waals surface area (Å²) in [6, 6.07) is -0.655. The highest BCUT2D eigenvalue weighted by Crippen LogP contribution is 2.26. The van der Waals surface area contributed by atoms with Crippen LogP contribution < -0.4 is 0 Å². The molecular weight excluding hydrogens is 280 g/mol. The third kappa shape index (κ3) is 3.15. The Bertz CT molecular complexity index is 443. The van der Waals surface area contributed by atoms with Gasteiger partial charge in [-0.2, -0.15) is 17.0 Å². The van der Waals surface area contributed by atoms with E-state index in [2.05, 4.69) is 6.92 Å². The lowest BCUT2D eigenvalue weighted by Crippen LogP contribution is -2.54. The lowest BCUT2D eigenvalue weighted by Gasteiger charge is -2.38. The first-order valence-electron chi connectivity index (χ1n) is 7.31. The molecule has 2 aliphatic heterocycles. The van der Waals surface area contributed by atoms with Gasteiger partial charge in [0.25, 0.3) is 10.2 Å². The van der Waals surface area contributed by atoms with Crippen LogP contribution in [0, 0.1) is 5.92 Å². The number of esters is 1. The summed E-state index contributed by atoms with van der Waals surface area (Å²) in [5, 5.41) is 0. The average Bonchev–Trinajstić information content (AvgIpc) is 2.47. The van der Waals surface area contributed by atoms with E-state index in [1.165, 1.54) is 15.7 Å². The molecule has 0 amide bonds. The highest BCUT2D eigenvalue weighted by molar-refractivity contribution is 7.86. The predicted molar refractivity (Wildman–Crippen MR) is 75.3 cm³/mol. The topological polar surface area (TPSA) is 66.9 Å². The molecule has 2 heterocycles. The molecule has 2 rings (SSSR count). The lowest BCUT2D eigenvalue weighted by atomic mass is 10.0. The van der Waals surface area contributed by atoms with Crippen LogP contribution in [0.2, 0.25) is 0 Å². The number of hydrogen-bond donors (Lipinski definition) is 0. The van der Waals surface area contributed by atoms with Gasteiger partial charge in [0.05, 0.1) is 7.11 Å². The van der Waals surface area contributed by atoms with E-state index >= 15 is 0 Å². The minimum atomic E-state index is -3.55. The molecule has 0 saturated carbocycles. The minimum Gasteiger partial charge on any atom is -0.468 e. The third-order valence-corrected chi connectivity index (χ3v) is 6.34. The quantitative estimate of drug-likeness (QED) is 0.729. The Hall–Kier alpha value is -0.660. The van der Waals surface area contributed by atoms with Gasteiger partial charge in [-0.05, 0) is 38.0 Å². The fourth-order valence-corrected chi connectivity index (χ4v) is 4.76. The molecule has 7 heteroatoms. The largest absolute Gasteiger partial charge is 0.468 e. The number of ether oxygens (including phenoxy) is 1. The van der Waals surface area contributed by atoms with Gasteiger partial charge in [0.2, 0.25) is 0 Å². The molecular formula is C13H24N2O4S. The van der Waals surface area contributed by atoms with Crippen LogP contribution in [0.1, 0.15) is 39.0 Å². The fourth-order valence-electron chi connectivity index (χ4n) is 2.92. The van der Waals surface area contributed by atoms with Crippen LogP contribution in [0.15, 0.2) is 0 Å². The fraction of sp³-hybridized carbons (Fsp3) is 0.923. The molecule has 1 atom stereocenters. The molecule has 0 aromatic heterocycles. The lowest BCUT2D eigenvalue weighted by molar-refractivity contribution is -0.146. The normalized spacial score (nSPS) is 27.4. The van der Waals surface area contributed by atoms with Crippen molar-refractivity contribution in [3.63, 3.8) is 0 Å². The zero-order valence-electron chi connectivity index (χ0n) is 12.2. The number of carbonyl (C=O) groups is 1. The van der Waals surface area contributed by atoms with Crippen molar-refractivity contribution in [2.45, 2.75) is 45.1 Å². The van der Waals surface area contributed by atoms with Crippen molar-refractivity contribution in [3.8, 4) is 0 Å². The number of carbonyl (C=O) groups excluding carboxylic acids is 1. The molecule has 0 radical (unpaired) electrons. The minimum absolute atomic E-state index is 0.411. The van der Waals surface area contributed by atoms with Crippen LogP contribution in [0.3, 0.4) is 0 Å². The van der Waals surface area contributed by atoms with E-state index in [-0.39, 0.29) is 0 Å². The maximum atomic E-state index is 12.7. The molecule has 116 valence electrons. The average molecular weight is 304 g/mol. The van der Waals surface area contributed by atoms with E-state index in [0.717, 1.165) is 25.7 Å². The Morgan fingerprint density at radius 3 is 2.35 bits per heavy atom. The van der Waals surface area contributed by atoms with Crippen molar-refractivity contribution < 1.29 is 17.9 Å². The Morgan fingerprint density at radius 2 is 1.75 bits per heavy atom. The summed E-state index contributed by atoms with van der Waals surface area (Å²) in [5.74, 6) is 0.123. The van der Waals surface area contributed by atoms with Crippen LogP contribution in [0.4, 0.5) is 0 Å². The van der Waals surface area contributed by atoms with Gasteiger partial charge in [-0.1, -0.05) is 6.92 Å². The SMILES string of the molecule is COC(=O)C1CCCCN1S(=O)(=O)N1CCC(C)CC1. The third-order valence-electron chi connectivity index (χ3n) is 4.29. The Morgan fingerprint density at radius 1 is 1.10 bits per heavy atom. The number of piperidine rings is 2. The standard InChI is InChI=1S/C13H24N2O4S/c1-11-6-9-14(10-7-11)20(17,18)15-8-4-3-5-12(15)13(16)19-2/h11-12H,3-10H2,1-2H3. The van der Waals surface area contributed by atoms with Crippen molar-refractivity contribution in [2.24, 2.45) is 5.92 Å². The van der Waals surface area contributed by atoms with Gasteiger partial charge in [-0.25, -0.2) is 0 Å². The molecule has 6 nitrogen and oxygen atoms in total. The Kier molecular flexibility index (Phi) is 5.04. The van der Waals surface area contributed by atoms with Crippen LogP contribution in [-0.2, 0) is 19.7 Å². The zero-order chi connectivity index (χ0) is 14.8. The molecule has 2 aliphatic rings. The van der Waals surface area contributed by atoms with Crippen molar-refractivity contribution in [3.05, 3.63) is 0 Å². The second-order valence-electron chi connectivity index (χ2n) is 5.73. The summed E-state index contributed by atoms with van der Waals surface area (Å²) in [6.07, 6.45) is 3.99. The van der Waals surface area contributed by atoms with Crippen molar-refractivity contribution in [1.82, 2.24) is 8.61 Å². The van der Waals surface area contributed by atoms with E-state index in [1.807, 2.05) is 0 Å². The van der Waals surface area contributed by atoms with Crippen LogP contribution in [0.5, 0.6) is 0 Å². The number of nitrogens with zero attached hydrogens (tertiary/aromatic N) is 2. The highest BCUT2D eigenvalue weighted by Gasteiger charge is 2.41. The van der Waals surface area contributed by atoms with Crippen molar-refractivity contribution in [2.75, 3.05) is 26.7 Å². The van der Waals surface area contributed by atoms with Crippen LogP contribution >= 0.6 is 0 Å². The van der Waals surface area contributed by atoms with Crippen molar-refractivity contribution in [1.29, 1.82) is 0 Å². The molecule has 0 aromatic rings. The first kappa shape index (κ1) is 15.7. The summed E-state index contributed by atoms with van der Waals surface area (Å²) in [6.45, 7) is 3.65. The summed E-state index contributed by atoms with van der Waals surface area (Å²) in [5.41, 5.74) is 0. The molecule has 2 fully saturated rings. The molecule has 20 heavy (non-hydrogen) atoms. The van der Waals surface area contributed by atoms with Crippen LogP contribution in [0.25, 0.3) is 0 Å².